The van der Waals surface area contributed by atoms with Crippen molar-refractivity contribution in [1.82, 2.24) is 0 Å². The Morgan fingerprint density at radius 2 is 1.58 bits per heavy atom. The fourth-order valence-electron chi connectivity index (χ4n) is 3.33. The molecule has 1 heterocycles. The third kappa shape index (κ3) is 2.43. The number of nitrogens with zero attached hydrogens (tertiary/aromatic N) is 1. The van der Waals surface area contributed by atoms with E-state index in [1.807, 2.05) is 54.6 Å². The van der Waals surface area contributed by atoms with E-state index < -0.39 is 10.0 Å². The van der Waals surface area contributed by atoms with Gasteiger partial charge in [0.15, 0.2) is 0 Å². The van der Waals surface area contributed by atoms with Crippen LogP contribution in [-0.4, -0.2) is 15.0 Å². The van der Waals surface area contributed by atoms with Crippen molar-refractivity contribution in [2.75, 3.05) is 10.8 Å². The number of para-hydroxylation sites is 1. The lowest BCUT2D eigenvalue weighted by Crippen LogP contribution is -2.35. The second kappa shape index (κ2) is 5.90. The summed E-state index contributed by atoms with van der Waals surface area (Å²) in [5.74, 6) is 0. The maximum Gasteiger partial charge on any atom is 0.264 e. The summed E-state index contributed by atoms with van der Waals surface area (Å²) < 4.78 is 29.2. The summed E-state index contributed by atoms with van der Waals surface area (Å²) in [6.45, 7) is 0.518. The van der Waals surface area contributed by atoms with Gasteiger partial charge in [-0.3, -0.25) is 4.31 Å². The molecule has 0 bridgehead atoms. The molecule has 0 aromatic heterocycles. The van der Waals surface area contributed by atoms with Crippen LogP contribution >= 0.6 is 15.9 Å². The molecule has 0 atom stereocenters. The molecular weight excluding hydrogens is 386 g/mol. The van der Waals surface area contributed by atoms with Crippen LogP contribution < -0.4 is 4.31 Å². The zero-order chi connectivity index (χ0) is 16.7. The van der Waals surface area contributed by atoms with Crippen LogP contribution in [0.1, 0.15) is 12.0 Å². The number of rotatable bonds is 2. The maximum absolute atomic E-state index is 13.4. The SMILES string of the molecule is O=S(=O)(c1ccc(Br)c2ccccc12)N1CCCc2ccccc21. The zero-order valence-corrected chi connectivity index (χ0v) is 15.3. The molecule has 0 unspecified atom stereocenters. The van der Waals surface area contributed by atoms with Crippen molar-refractivity contribution in [2.24, 2.45) is 0 Å². The first kappa shape index (κ1) is 15.7. The van der Waals surface area contributed by atoms with E-state index in [9.17, 15) is 8.42 Å². The lowest BCUT2D eigenvalue weighted by Gasteiger charge is -2.30. The number of hydrogen-bond donors (Lipinski definition) is 0. The van der Waals surface area contributed by atoms with Crippen LogP contribution in [0, 0.1) is 0 Å². The van der Waals surface area contributed by atoms with Gasteiger partial charge in [-0.2, -0.15) is 0 Å². The smallest absolute Gasteiger partial charge is 0.264 e. The first-order valence-electron chi connectivity index (χ1n) is 7.87. The lowest BCUT2D eigenvalue weighted by molar-refractivity contribution is 0.587. The summed E-state index contributed by atoms with van der Waals surface area (Å²) in [5, 5.41) is 1.65. The molecule has 5 heteroatoms. The molecule has 3 aromatic rings. The van der Waals surface area contributed by atoms with Crippen molar-refractivity contribution in [2.45, 2.75) is 17.7 Å². The van der Waals surface area contributed by atoms with Crippen LogP contribution in [0.4, 0.5) is 5.69 Å². The van der Waals surface area contributed by atoms with Crippen molar-refractivity contribution in [3.63, 3.8) is 0 Å². The van der Waals surface area contributed by atoms with E-state index >= 15 is 0 Å². The van der Waals surface area contributed by atoms with Crippen molar-refractivity contribution in [3.05, 3.63) is 70.7 Å². The van der Waals surface area contributed by atoms with E-state index in [2.05, 4.69) is 15.9 Å². The Hall–Kier alpha value is -1.85. The summed E-state index contributed by atoms with van der Waals surface area (Å²) >= 11 is 3.51. The van der Waals surface area contributed by atoms with E-state index in [0.29, 0.717) is 11.4 Å². The van der Waals surface area contributed by atoms with Crippen LogP contribution in [0.5, 0.6) is 0 Å². The molecule has 1 aliphatic heterocycles. The molecule has 0 fully saturated rings. The van der Waals surface area contributed by atoms with Crippen LogP contribution in [0.15, 0.2) is 70.0 Å². The van der Waals surface area contributed by atoms with Gasteiger partial charge in [-0.05, 0) is 42.0 Å². The largest absolute Gasteiger partial charge is 0.266 e. The summed E-state index contributed by atoms with van der Waals surface area (Å²) in [7, 11) is -3.61. The molecule has 122 valence electrons. The second-order valence-corrected chi connectivity index (χ2v) is 8.59. The molecule has 0 radical (unpaired) electrons. The number of halogens is 1. The molecule has 0 amide bonds. The average Bonchev–Trinajstić information content (AvgIpc) is 2.61. The molecule has 24 heavy (non-hydrogen) atoms. The Kier molecular flexibility index (Phi) is 3.85. The minimum Gasteiger partial charge on any atom is -0.266 e. The topological polar surface area (TPSA) is 37.4 Å². The molecule has 0 saturated carbocycles. The van der Waals surface area contributed by atoms with Gasteiger partial charge in [-0.15, -0.1) is 0 Å². The number of hydrogen-bond acceptors (Lipinski definition) is 2. The van der Waals surface area contributed by atoms with Gasteiger partial charge >= 0.3 is 0 Å². The van der Waals surface area contributed by atoms with E-state index in [1.54, 1.807) is 10.4 Å². The van der Waals surface area contributed by atoms with E-state index in [1.165, 1.54) is 0 Å². The second-order valence-electron chi connectivity index (χ2n) is 5.90. The predicted molar refractivity (Wildman–Crippen MR) is 101 cm³/mol. The van der Waals surface area contributed by atoms with E-state index in [-0.39, 0.29) is 0 Å². The zero-order valence-electron chi connectivity index (χ0n) is 12.9. The minimum absolute atomic E-state index is 0.359. The summed E-state index contributed by atoms with van der Waals surface area (Å²) in [6, 6.07) is 18.9. The van der Waals surface area contributed by atoms with Crippen LogP contribution in [0.3, 0.4) is 0 Å². The molecule has 0 saturated heterocycles. The molecule has 4 rings (SSSR count). The maximum atomic E-state index is 13.4. The van der Waals surface area contributed by atoms with Gasteiger partial charge in [0.1, 0.15) is 0 Å². The average molecular weight is 402 g/mol. The van der Waals surface area contributed by atoms with Gasteiger partial charge in [0.2, 0.25) is 0 Å². The monoisotopic (exact) mass is 401 g/mol. The van der Waals surface area contributed by atoms with Gasteiger partial charge in [0, 0.05) is 16.4 Å². The van der Waals surface area contributed by atoms with Gasteiger partial charge in [-0.25, -0.2) is 8.42 Å². The number of aryl methyl sites for hydroxylation is 1. The summed E-state index contributed by atoms with van der Waals surface area (Å²) in [4.78, 5) is 0.359. The molecule has 0 N–H and O–H groups in total. The molecule has 0 aliphatic carbocycles. The Morgan fingerprint density at radius 1 is 0.875 bits per heavy atom. The van der Waals surface area contributed by atoms with Crippen molar-refractivity contribution < 1.29 is 8.42 Å². The van der Waals surface area contributed by atoms with E-state index in [0.717, 1.165) is 39.3 Å². The Labute approximate surface area is 150 Å². The van der Waals surface area contributed by atoms with Crippen LogP contribution in [0.2, 0.25) is 0 Å². The highest BCUT2D eigenvalue weighted by Crippen LogP contribution is 2.35. The molecule has 3 nitrogen and oxygen atoms in total. The van der Waals surface area contributed by atoms with Crippen LogP contribution in [-0.2, 0) is 16.4 Å². The van der Waals surface area contributed by atoms with Gasteiger partial charge < -0.3 is 0 Å². The highest BCUT2D eigenvalue weighted by molar-refractivity contribution is 9.10. The van der Waals surface area contributed by atoms with Crippen molar-refractivity contribution >= 4 is 42.4 Å². The Balaban J connectivity index is 1.93. The fourth-order valence-corrected chi connectivity index (χ4v) is 5.54. The van der Waals surface area contributed by atoms with E-state index in [4.69, 9.17) is 0 Å². The van der Waals surface area contributed by atoms with Crippen LogP contribution in [0.25, 0.3) is 10.8 Å². The predicted octanol–water partition coefficient (Wildman–Crippen LogP) is 4.74. The third-order valence-electron chi connectivity index (χ3n) is 4.47. The summed E-state index contributed by atoms with van der Waals surface area (Å²) in [5.41, 5.74) is 1.89. The highest BCUT2D eigenvalue weighted by atomic mass is 79.9. The number of sulfonamides is 1. The molecule has 3 aromatic carbocycles. The third-order valence-corrected chi connectivity index (χ3v) is 7.03. The van der Waals surface area contributed by atoms with Gasteiger partial charge in [0.25, 0.3) is 10.0 Å². The van der Waals surface area contributed by atoms with Gasteiger partial charge in [0.05, 0.1) is 10.6 Å². The first-order chi connectivity index (χ1) is 11.6. The molecule has 1 aliphatic rings. The highest BCUT2D eigenvalue weighted by Gasteiger charge is 2.30. The Bertz CT molecular complexity index is 1030. The normalized spacial score (nSPS) is 14.6. The van der Waals surface area contributed by atoms with Crippen molar-refractivity contribution in [1.29, 1.82) is 0 Å². The number of fused-ring (bicyclic) bond motifs is 2. The minimum atomic E-state index is -3.61. The van der Waals surface area contributed by atoms with Gasteiger partial charge in [-0.1, -0.05) is 58.4 Å². The number of anilines is 1. The Morgan fingerprint density at radius 3 is 2.42 bits per heavy atom. The molecule has 0 spiro atoms. The quantitative estimate of drug-likeness (QED) is 0.621. The standard InChI is InChI=1S/C19H16BrNO2S/c20-17-11-12-19(16-9-3-2-8-15(16)17)24(22,23)21-13-5-7-14-6-1-4-10-18(14)21/h1-4,6,8-12H,5,7,13H2. The lowest BCUT2D eigenvalue weighted by atomic mass is 10.0. The molecular formula is C19H16BrNO2S. The summed E-state index contributed by atoms with van der Waals surface area (Å²) in [6.07, 6.45) is 1.76. The number of benzene rings is 3. The fraction of sp³-hybridized carbons (Fsp3) is 0.158. The van der Waals surface area contributed by atoms with Crippen molar-refractivity contribution in [3.8, 4) is 0 Å². The first-order valence-corrected chi connectivity index (χ1v) is 10.1.